The fourth-order valence-electron chi connectivity index (χ4n) is 2.85. The second-order valence-electron chi connectivity index (χ2n) is 4.94. The Balaban J connectivity index is 2.32. The first-order chi connectivity index (χ1) is 9.04. The molecule has 2 N–H and O–H groups in total. The first-order valence-electron chi connectivity index (χ1n) is 6.58. The summed E-state index contributed by atoms with van der Waals surface area (Å²) in [4.78, 5) is 0. The minimum atomic E-state index is -4.29. The Kier molecular flexibility index (Phi) is 4.47. The Morgan fingerprint density at radius 3 is 2.42 bits per heavy atom. The molecular formula is C14H19F3N2. The van der Waals surface area contributed by atoms with Gasteiger partial charge in [0, 0.05) is 6.04 Å². The van der Waals surface area contributed by atoms with Gasteiger partial charge in [-0.25, -0.2) is 0 Å². The standard InChI is InChI=1S/C14H19F3N2/c1-18-13(10-6-8-19-9-7-10)11-4-2-3-5-12(11)14(15,16)17/h2-5,10,13,18-19H,6-9H2,1H3. The summed E-state index contributed by atoms with van der Waals surface area (Å²) in [5, 5.41) is 6.31. The van der Waals surface area contributed by atoms with Crippen molar-refractivity contribution < 1.29 is 13.2 Å². The van der Waals surface area contributed by atoms with Gasteiger partial charge < -0.3 is 10.6 Å². The van der Waals surface area contributed by atoms with E-state index in [1.54, 1.807) is 19.2 Å². The lowest BCUT2D eigenvalue weighted by Gasteiger charge is -2.32. The second-order valence-corrected chi connectivity index (χ2v) is 4.94. The van der Waals surface area contributed by atoms with E-state index in [2.05, 4.69) is 10.6 Å². The van der Waals surface area contributed by atoms with E-state index in [9.17, 15) is 13.2 Å². The molecule has 0 amide bonds. The van der Waals surface area contributed by atoms with Crippen molar-refractivity contribution in [2.45, 2.75) is 25.1 Å². The van der Waals surface area contributed by atoms with Crippen LogP contribution in [-0.2, 0) is 6.18 Å². The Morgan fingerprint density at radius 1 is 1.21 bits per heavy atom. The van der Waals surface area contributed by atoms with E-state index in [1.165, 1.54) is 12.1 Å². The zero-order chi connectivity index (χ0) is 13.9. The van der Waals surface area contributed by atoms with Crippen molar-refractivity contribution in [1.29, 1.82) is 0 Å². The molecule has 1 heterocycles. The van der Waals surface area contributed by atoms with Crippen LogP contribution in [0.2, 0.25) is 0 Å². The lowest BCUT2D eigenvalue weighted by Crippen LogP contribution is -2.36. The summed E-state index contributed by atoms with van der Waals surface area (Å²) in [6.07, 6.45) is -2.49. The third-order valence-corrected chi connectivity index (χ3v) is 3.77. The van der Waals surface area contributed by atoms with Gasteiger partial charge in [-0.3, -0.25) is 0 Å². The molecule has 1 fully saturated rings. The van der Waals surface area contributed by atoms with Gasteiger partial charge in [-0.2, -0.15) is 13.2 Å². The maximum absolute atomic E-state index is 13.1. The molecule has 106 valence electrons. The average Bonchev–Trinajstić information content (AvgIpc) is 2.40. The minimum absolute atomic E-state index is 0.236. The van der Waals surface area contributed by atoms with Crippen LogP contribution in [0.5, 0.6) is 0 Å². The average molecular weight is 272 g/mol. The third-order valence-electron chi connectivity index (χ3n) is 3.77. The van der Waals surface area contributed by atoms with E-state index >= 15 is 0 Å². The molecule has 1 aromatic rings. The number of piperidine rings is 1. The summed E-state index contributed by atoms with van der Waals surface area (Å²) in [6, 6.07) is 5.64. The van der Waals surface area contributed by atoms with Gasteiger partial charge in [-0.15, -0.1) is 0 Å². The number of rotatable bonds is 3. The predicted molar refractivity (Wildman–Crippen MR) is 68.8 cm³/mol. The molecule has 5 heteroatoms. The molecule has 1 saturated heterocycles. The zero-order valence-corrected chi connectivity index (χ0v) is 10.9. The van der Waals surface area contributed by atoms with Crippen molar-refractivity contribution in [3.63, 3.8) is 0 Å². The number of nitrogens with one attached hydrogen (secondary N) is 2. The van der Waals surface area contributed by atoms with Crippen LogP contribution in [0.1, 0.15) is 30.0 Å². The maximum Gasteiger partial charge on any atom is 0.416 e. The van der Waals surface area contributed by atoms with E-state index in [4.69, 9.17) is 0 Å². The molecule has 0 saturated carbocycles. The van der Waals surface area contributed by atoms with Crippen molar-refractivity contribution in [2.75, 3.05) is 20.1 Å². The highest BCUT2D eigenvalue weighted by Crippen LogP contribution is 2.38. The van der Waals surface area contributed by atoms with Gasteiger partial charge in [0.25, 0.3) is 0 Å². The SMILES string of the molecule is CNC(c1ccccc1C(F)(F)F)C1CCNCC1. The van der Waals surface area contributed by atoms with Crippen molar-refractivity contribution in [3.8, 4) is 0 Å². The van der Waals surface area contributed by atoms with E-state index in [0.29, 0.717) is 5.56 Å². The number of hydrogen-bond acceptors (Lipinski definition) is 2. The molecule has 19 heavy (non-hydrogen) atoms. The van der Waals surface area contributed by atoms with Crippen molar-refractivity contribution in [3.05, 3.63) is 35.4 Å². The summed E-state index contributed by atoms with van der Waals surface area (Å²) in [5.41, 5.74) is -0.155. The largest absolute Gasteiger partial charge is 0.416 e. The first-order valence-corrected chi connectivity index (χ1v) is 6.58. The Bertz CT molecular complexity index is 411. The highest BCUT2D eigenvalue weighted by atomic mass is 19.4. The van der Waals surface area contributed by atoms with Crippen LogP contribution in [0.4, 0.5) is 13.2 Å². The highest BCUT2D eigenvalue weighted by molar-refractivity contribution is 5.33. The van der Waals surface area contributed by atoms with Gasteiger partial charge >= 0.3 is 6.18 Å². The van der Waals surface area contributed by atoms with Crippen molar-refractivity contribution >= 4 is 0 Å². The summed E-state index contributed by atoms with van der Waals surface area (Å²) in [6.45, 7) is 1.74. The molecular weight excluding hydrogens is 253 g/mol. The fraction of sp³-hybridized carbons (Fsp3) is 0.571. The molecule has 0 spiro atoms. The fourth-order valence-corrected chi connectivity index (χ4v) is 2.85. The highest BCUT2D eigenvalue weighted by Gasteiger charge is 2.36. The predicted octanol–water partition coefficient (Wildman–Crippen LogP) is 2.97. The zero-order valence-electron chi connectivity index (χ0n) is 10.9. The molecule has 1 aromatic carbocycles. The second kappa shape index (κ2) is 5.92. The van der Waals surface area contributed by atoms with E-state index < -0.39 is 11.7 Å². The lowest BCUT2D eigenvalue weighted by atomic mass is 9.84. The van der Waals surface area contributed by atoms with Crippen molar-refractivity contribution in [2.24, 2.45) is 5.92 Å². The minimum Gasteiger partial charge on any atom is -0.317 e. The van der Waals surface area contributed by atoms with Crippen LogP contribution in [0.3, 0.4) is 0 Å². The van der Waals surface area contributed by atoms with E-state index in [1.807, 2.05) is 0 Å². The normalized spacial score (nSPS) is 19.4. The molecule has 0 bridgehead atoms. The number of benzene rings is 1. The van der Waals surface area contributed by atoms with Crippen LogP contribution in [0.15, 0.2) is 24.3 Å². The summed E-state index contributed by atoms with van der Waals surface area (Å²) < 4.78 is 39.2. The van der Waals surface area contributed by atoms with Gasteiger partial charge in [0.2, 0.25) is 0 Å². The molecule has 1 atom stereocenters. The maximum atomic E-state index is 13.1. The van der Waals surface area contributed by atoms with Gasteiger partial charge in [-0.1, -0.05) is 18.2 Å². The van der Waals surface area contributed by atoms with Crippen LogP contribution in [0.25, 0.3) is 0 Å². The lowest BCUT2D eigenvalue weighted by molar-refractivity contribution is -0.138. The smallest absolute Gasteiger partial charge is 0.317 e. The molecule has 1 aliphatic rings. The molecule has 2 rings (SSSR count). The first kappa shape index (κ1) is 14.3. The van der Waals surface area contributed by atoms with E-state index in [-0.39, 0.29) is 12.0 Å². The molecule has 0 radical (unpaired) electrons. The van der Waals surface area contributed by atoms with Crippen molar-refractivity contribution in [1.82, 2.24) is 10.6 Å². The Hall–Kier alpha value is -1.07. The molecule has 1 aliphatic heterocycles. The monoisotopic (exact) mass is 272 g/mol. The third kappa shape index (κ3) is 3.28. The van der Waals surface area contributed by atoms with Crippen LogP contribution in [-0.4, -0.2) is 20.1 Å². The van der Waals surface area contributed by atoms with Gasteiger partial charge in [0.05, 0.1) is 5.56 Å². The number of alkyl halides is 3. The van der Waals surface area contributed by atoms with E-state index in [0.717, 1.165) is 25.9 Å². The number of halogens is 3. The Labute approximate surface area is 111 Å². The number of hydrogen-bond donors (Lipinski definition) is 2. The summed E-state index contributed by atoms with van der Waals surface area (Å²) in [5.74, 6) is 0.245. The van der Waals surface area contributed by atoms with Gasteiger partial charge in [0.15, 0.2) is 0 Å². The van der Waals surface area contributed by atoms with Crippen LogP contribution < -0.4 is 10.6 Å². The molecule has 1 unspecified atom stereocenters. The Morgan fingerprint density at radius 2 is 1.84 bits per heavy atom. The summed E-state index contributed by atoms with van der Waals surface area (Å²) >= 11 is 0. The van der Waals surface area contributed by atoms with Crippen LogP contribution >= 0.6 is 0 Å². The van der Waals surface area contributed by atoms with Gasteiger partial charge in [-0.05, 0) is 50.5 Å². The van der Waals surface area contributed by atoms with Gasteiger partial charge in [0.1, 0.15) is 0 Å². The van der Waals surface area contributed by atoms with Crippen LogP contribution in [0, 0.1) is 5.92 Å². The topological polar surface area (TPSA) is 24.1 Å². The summed E-state index contributed by atoms with van der Waals surface area (Å²) in [7, 11) is 1.74. The quantitative estimate of drug-likeness (QED) is 0.884. The molecule has 2 nitrogen and oxygen atoms in total. The molecule has 0 aromatic heterocycles. The molecule has 0 aliphatic carbocycles.